The molecule has 2 aliphatic heterocycles. The van der Waals surface area contributed by atoms with Gasteiger partial charge < -0.3 is 14.8 Å². The summed E-state index contributed by atoms with van der Waals surface area (Å²) in [4.78, 5) is 39.1. The van der Waals surface area contributed by atoms with Crippen LogP contribution in [0, 0.1) is 11.7 Å². The summed E-state index contributed by atoms with van der Waals surface area (Å²) in [6, 6.07) is 14.4. The fourth-order valence-corrected chi connectivity index (χ4v) is 5.10. The number of fused-ring (bicyclic) bond motifs is 4. The molecule has 34 heavy (non-hydrogen) atoms. The maximum Gasteiger partial charge on any atom is 0.267 e. The minimum Gasteiger partial charge on any atom is -0.353 e. The first-order valence-corrected chi connectivity index (χ1v) is 11.5. The number of likely N-dealkylation sites (tertiary alicyclic amines) is 1. The fourth-order valence-electron chi connectivity index (χ4n) is 5.10. The number of benzene rings is 1. The van der Waals surface area contributed by atoms with Crippen molar-refractivity contribution in [2.45, 2.75) is 25.4 Å². The summed E-state index contributed by atoms with van der Waals surface area (Å²) in [5.74, 6) is -0.0233. The zero-order chi connectivity index (χ0) is 23.7. The van der Waals surface area contributed by atoms with E-state index in [1.807, 2.05) is 16.7 Å². The summed E-state index contributed by atoms with van der Waals surface area (Å²) in [6.07, 6.45) is 1.08. The molecule has 5 rings (SSSR count). The normalized spacial score (nSPS) is 19.4. The topological polar surface area (TPSA) is 89.2 Å². The zero-order valence-electron chi connectivity index (χ0n) is 18.7. The number of aromatic nitrogens is 3. The van der Waals surface area contributed by atoms with Gasteiger partial charge in [-0.3, -0.25) is 14.4 Å². The van der Waals surface area contributed by atoms with Gasteiger partial charge in [0.2, 0.25) is 5.91 Å². The van der Waals surface area contributed by atoms with Crippen molar-refractivity contribution in [3.63, 3.8) is 0 Å². The van der Waals surface area contributed by atoms with Crippen LogP contribution in [0.15, 0.2) is 64.2 Å². The van der Waals surface area contributed by atoms with E-state index >= 15 is 0 Å². The van der Waals surface area contributed by atoms with Gasteiger partial charge in [-0.1, -0.05) is 18.2 Å². The first-order valence-electron chi connectivity index (χ1n) is 11.5. The van der Waals surface area contributed by atoms with E-state index in [1.54, 1.807) is 24.3 Å². The number of pyridine rings is 1. The van der Waals surface area contributed by atoms with Crippen LogP contribution in [0.5, 0.6) is 0 Å². The molecule has 1 N–H and O–H groups in total. The molecule has 4 heterocycles. The maximum absolute atomic E-state index is 14.1. The second-order valence-electron chi connectivity index (χ2n) is 9.00. The van der Waals surface area contributed by atoms with Crippen LogP contribution in [0.2, 0.25) is 0 Å². The van der Waals surface area contributed by atoms with Gasteiger partial charge in [-0.2, -0.15) is 5.10 Å². The van der Waals surface area contributed by atoms with Gasteiger partial charge in [0.05, 0.1) is 5.69 Å². The van der Waals surface area contributed by atoms with Gasteiger partial charge in [-0.25, -0.2) is 9.07 Å². The van der Waals surface area contributed by atoms with Crippen LogP contribution in [-0.4, -0.2) is 51.3 Å². The van der Waals surface area contributed by atoms with Gasteiger partial charge in [-0.15, -0.1) is 0 Å². The average Bonchev–Trinajstić information content (AvgIpc) is 2.82. The molecule has 9 heteroatoms. The molecular formula is C25H26FN5O3. The molecule has 176 valence electrons. The molecule has 1 aromatic carbocycles. The highest BCUT2D eigenvalue weighted by atomic mass is 19.1. The lowest BCUT2D eigenvalue weighted by atomic mass is 9.83. The molecule has 2 bridgehead atoms. The van der Waals surface area contributed by atoms with E-state index < -0.39 is 11.4 Å². The molecule has 1 fully saturated rings. The highest BCUT2D eigenvalue weighted by Gasteiger charge is 2.34. The Bertz CT molecular complexity index is 1330. The van der Waals surface area contributed by atoms with E-state index in [0.29, 0.717) is 30.6 Å². The quantitative estimate of drug-likeness (QED) is 0.598. The lowest BCUT2D eigenvalue weighted by Crippen LogP contribution is -2.49. The molecule has 8 nitrogen and oxygen atoms in total. The van der Waals surface area contributed by atoms with Crippen molar-refractivity contribution in [3.05, 3.63) is 86.8 Å². The summed E-state index contributed by atoms with van der Waals surface area (Å²) in [6.45, 7) is 3.37. The Hall–Kier alpha value is -3.59. The molecule has 3 aromatic rings. The Labute approximate surface area is 195 Å². The van der Waals surface area contributed by atoms with Gasteiger partial charge in [0.15, 0.2) is 0 Å². The summed E-state index contributed by atoms with van der Waals surface area (Å²) < 4.78 is 17.0. The number of piperidine rings is 1. The Kier molecular flexibility index (Phi) is 6.10. The molecule has 2 aromatic heterocycles. The van der Waals surface area contributed by atoms with E-state index in [2.05, 4.69) is 15.3 Å². The van der Waals surface area contributed by atoms with Crippen molar-refractivity contribution in [1.82, 2.24) is 24.6 Å². The molecule has 0 aliphatic carbocycles. The third-order valence-electron chi connectivity index (χ3n) is 6.62. The predicted molar refractivity (Wildman–Crippen MR) is 125 cm³/mol. The predicted octanol–water partition coefficient (Wildman–Crippen LogP) is 1.45. The molecular weight excluding hydrogens is 437 g/mol. The molecule has 0 saturated carbocycles. The highest BCUT2D eigenvalue weighted by Crippen LogP contribution is 2.34. The van der Waals surface area contributed by atoms with Gasteiger partial charge in [0.25, 0.3) is 11.1 Å². The maximum atomic E-state index is 14.1. The van der Waals surface area contributed by atoms with Gasteiger partial charge >= 0.3 is 0 Å². The van der Waals surface area contributed by atoms with E-state index in [1.165, 1.54) is 18.2 Å². The smallest absolute Gasteiger partial charge is 0.267 e. The van der Waals surface area contributed by atoms with E-state index in [9.17, 15) is 18.8 Å². The van der Waals surface area contributed by atoms with Crippen molar-refractivity contribution < 1.29 is 9.18 Å². The van der Waals surface area contributed by atoms with Crippen LogP contribution in [0.4, 0.5) is 4.39 Å². The number of hydrogen-bond donors (Lipinski definition) is 1. The van der Waals surface area contributed by atoms with Crippen LogP contribution in [0.25, 0.3) is 11.3 Å². The van der Waals surface area contributed by atoms with Gasteiger partial charge in [-0.05, 0) is 36.6 Å². The number of hydrogen-bond acceptors (Lipinski definition) is 5. The average molecular weight is 464 g/mol. The number of carbonyl (C=O) groups excluding carboxylic acids is 1. The van der Waals surface area contributed by atoms with Gasteiger partial charge in [0.1, 0.15) is 12.4 Å². The Morgan fingerprint density at radius 2 is 1.85 bits per heavy atom. The van der Waals surface area contributed by atoms with Crippen LogP contribution >= 0.6 is 0 Å². The molecule has 1 saturated heterocycles. The molecule has 2 aliphatic rings. The van der Waals surface area contributed by atoms with Crippen molar-refractivity contribution in [3.8, 4) is 11.3 Å². The second-order valence-corrected chi connectivity index (χ2v) is 9.00. The summed E-state index contributed by atoms with van der Waals surface area (Å²) >= 11 is 0. The zero-order valence-corrected chi connectivity index (χ0v) is 18.7. The largest absolute Gasteiger partial charge is 0.353 e. The standard InChI is InChI=1S/C25H26FN5O3/c26-20-5-2-1-4-19(20)21-8-9-25(34)31(28-21)16-23(32)27-10-11-29-13-17-12-18(15-29)22-6-3-7-24(33)30(22)14-17/h1-9,17-18H,10-16H2,(H,27,32). The summed E-state index contributed by atoms with van der Waals surface area (Å²) in [7, 11) is 0. The molecule has 1 amide bonds. The van der Waals surface area contributed by atoms with E-state index in [4.69, 9.17) is 0 Å². The van der Waals surface area contributed by atoms with E-state index in [-0.39, 0.29) is 23.6 Å². The third kappa shape index (κ3) is 4.56. The van der Waals surface area contributed by atoms with Crippen molar-refractivity contribution >= 4 is 5.91 Å². The van der Waals surface area contributed by atoms with Crippen molar-refractivity contribution in [2.75, 3.05) is 26.2 Å². The molecule has 0 radical (unpaired) electrons. The van der Waals surface area contributed by atoms with Crippen molar-refractivity contribution in [2.24, 2.45) is 5.92 Å². The van der Waals surface area contributed by atoms with Gasteiger partial charge in [0, 0.05) is 62.0 Å². The molecule has 2 unspecified atom stereocenters. The number of carbonyl (C=O) groups is 1. The lowest BCUT2D eigenvalue weighted by molar-refractivity contribution is -0.122. The van der Waals surface area contributed by atoms with Crippen LogP contribution in [0.3, 0.4) is 0 Å². The minimum absolute atomic E-state index is 0.0656. The lowest BCUT2D eigenvalue weighted by Gasteiger charge is -2.42. The first kappa shape index (κ1) is 22.2. The number of nitrogens with one attached hydrogen (secondary N) is 1. The molecule has 2 atom stereocenters. The fraction of sp³-hybridized carbons (Fsp3) is 0.360. The van der Waals surface area contributed by atoms with E-state index in [0.717, 1.165) is 36.4 Å². The monoisotopic (exact) mass is 463 g/mol. The number of halogens is 1. The minimum atomic E-state index is -0.441. The second kappa shape index (κ2) is 9.34. The Morgan fingerprint density at radius 1 is 1.00 bits per heavy atom. The Morgan fingerprint density at radius 3 is 2.71 bits per heavy atom. The highest BCUT2D eigenvalue weighted by molar-refractivity contribution is 5.75. The van der Waals surface area contributed by atoms with Crippen molar-refractivity contribution in [1.29, 1.82) is 0 Å². The molecule has 0 spiro atoms. The number of rotatable bonds is 6. The van der Waals surface area contributed by atoms with Crippen LogP contribution in [-0.2, 0) is 17.9 Å². The SMILES string of the molecule is O=C(Cn1nc(-c2ccccc2F)ccc1=O)NCCN1CC2CC(C1)c1cccc(=O)n1C2. The third-order valence-corrected chi connectivity index (χ3v) is 6.62. The number of nitrogens with zero attached hydrogens (tertiary/aromatic N) is 4. The van der Waals surface area contributed by atoms with Crippen LogP contribution < -0.4 is 16.4 Å². The summed E-state index contributed by atoms with van der Waals surface area (Å²) in [5.41, 5.74) is 1.31. The summed E-state index contributed by atoms with van der Waals surface area (Å²) in [5, 5.41) is 7.03. The van der Waals surface area contributed by atoms with Crippen LogP contribution in [0.1, 0.15) is 18.0 Å². The first-order chi connectivity index (χ1) is 16.5. The number of amides is 1. The Balaban J connectivity index is 1.17.